The number of rotatable bonds is 3. The van der Waals surface area contributed by atoms with Gasteiger partial charge in [0.1, 0.15) is 23.8 Å². The molecule has 0 spiro atoms. The fourth-order valence-corrected chi connectivity index (χ4v) is 3.39. The van der Waals surface area contributed by atoms with Gasteiger partial charge < -0.3 is 15.4 Å². The predicted octanol–water partition coefficient (Wildman–Crippen LogP) is 1.11. The highest BCUT2D eigenvalue weighted by atomic mass is 16.5. The van der Waals surface area contributed by atoms with Gasteiger partial charge in [-0.2, -0.15) is 10.2 Å². The molecule has 27 heavy (non-hydrogen) atoms. The fraction of sp³-hybridized carbons (Fsp3) is 0.333. The van der Waals surface area contributed by atoms with E-state index in [-0.39, 0.29) is 11.9 Å². The molecule has 2 aromatic heterocycles. The summed E-state index contributed by atoms with van der Waals surface area (Å²) in [5.41, 5.74) is 7.99. The second kappa shape index (κ2) is 6.84. The van der Waals surface area contributed by atoms with Crippen molar-refractivity contribution in [2.75, 3.05) is 25.5 Å². The molecule has 3 aromatic rings. The van der Waals surface area contributed by atoms with Gasteiger partial charge >= 0.3 is 0 Å². The molecule has 1 aromatic carbocycles. The van der Waals surface area contributed by atoms with E-state index >= 15 is 0 Å². The van der Waals surface area contributed by atoms with Crippen LogP contribution in [-0.2, 0) is 11.8 Å². The number of ether oxygens (including phenoxy) is 1. The van der Waals surface area contributed by atoms with Crippen LogP contribution in [0.2, 0.25) is 0 Å². The van der Waals surface area contributed by atoms with Crippen molar-refractivity contribution in [3.05, 3.63) is 53.7 Å². The number of carbonyl (C=O) groups excluding carboxylic acids is 1. The number of benzene rings is 1. The number of nitrogen functional groups attached to an aromatic ring is 1. The van der Waals surface area contributed by atoms with Gasteiger partial charge in [0.15, 0.2) is 5.82 Å². The van der Waals surface area contributed by atoms with E-state index < -0.39 is 0 Å². The van der Waals surface area contributed by atoms with Gasteiger partial charge in [-0.15, -0.1) is 0 Å². The Balaban J connectivity index is 1.72. The number of anilines is 1. The zero-order chi connectivity index (χ0) is 19.0. The number of nitrogens with zero attached hydrogens (tertiary/aromatic N) is 6. The maximum Gasteiger partial charge on any atom is 0.260 e. The molecule has 0 saturated carbocycles. The highest BCUT2D eigenvalue weighted by molar-refractivity contribution is 5.99. The summed E-state index contributed by atoms with van der Waals surface area (Å²) in [6, 6.07) is 9.32. The molecule has 4 rings (SSSR count). The number of morpholine rings is 1. The van der Waals surface area contributed by atoms with Crippen LogP contribution in [0.4, 0.5) is 5.82 Å². The average molecular weight is 367 g/mol. The molecule has 1 unspecified atom stereocenters. The first kappa shape index (κ1) is 17.2. The van der Waals surface area contributed by atoms with Gasteiger partial charge in [0.25, 0.3) is 5.91 Å². The van der Waals surface area contributed by atoms with Gasteiger partial charge in [-0.3, -0.25) is 9.48 Å². The zero-order valence-electron chi connectivity index (χ0n) is 15.2. The minimum absolute atomic E-state index is 0.172. The van der Waals surface area contributed by atoms with E-state index in [2.05, 4.69) is 15.2 Å². The lowest BCUT2D eigenvalue weighted by atomic mass is 10.1. The number of carbonyl (C=O) groups is 1. The van der Waals surface area contributed by atoms with Crippen LogP contribution in [0.3, 0.4) is 0 Å². The van der Waals surface area contributed by atoms with E-state index in [1.54, 1.807) is 23.6 Å². The van der Waals surface area contributed by atoms with Crippen molar-refractivity contribution in [1.82, 2.24) is 29.4 Å². The Labute approximate surface area is 156 Å². The van der Waals surface area contributed by atoms with Crippen LogP contribution in [0.5, 0.6) is 0 Å². The molecule has 0 radical (unpaired) electrons. The van der Waals surface area contributed by atoms with Crippen LogP contribution < -0.4 is 5.73 Å². The van der Waals surface area contributed by atoms with E-state index in [9.17, 15) is 4.79 Å². The number of para-hydroxylation sites is 1. The largest absolute Gasteiger partial charge is 0.383 e. The zero-order valence-corrected chi connectivity index (χ0v) is 15.2. The summed E-state index contributed by atoms with van der Waals surface area (Å²) in [7, 11) is 1.72. The number of hydrogen-bond acceptors (Lipinski definition) is 6. The van der Waals surface area contributed by atoms with Gasteiger partial charge in [-0.05, 0) is 19.1 Å². The predicted molar refractivity (Wildman–Crippen MR) is 98.3 cm³/mol. The Bertz CT molecular complexity index is 964. The molecule has 1 saturated heterocycles. The highest BCUT2D eigenvalue weighted by Gasteiger charge is 2.35. The Morgan fingerprint density at radius 2 is 2.07 bits per heavy atom. The summed E-state index contributed by atoms with van der Waals surface area (Å²) in [4.78, 5) is 19.4. The smallest absolute Gasteiger partial charge is 0.260 e. The highest BCUT2D eigenvalue weighted by Crippen LogP contribution is 2.28. The first-order valence-electron chi connectivity index (χ1n) is 8.71. The van der Waals surface area contributed by atoms with Gasteiger partial charge in [-0.25, -0.2) is 9.67 Å². The van der Waals surface area contributed by atoms with Crippen LogP contribution in [0.25, 0.3) is 5.69 Å². The number of nitrogens with two attached hydrogens (primary N) is 1. The standard InChI is InChI=1S/C18H21N7O2/c1-12-15(16(19)23(2)22-12)18(26)24-8-9-27-10-14(24)17-20-11-21-25(17)13-6-4-3-5-7-13/h3-7,11,14H,8-10,19H2,1-2H3. The molecule has 9 nitrogen and oxygen atoms in total. The van der Waals surface area contributed by atoms with Crippen molar-refractivity contribution in [3.63, 3.8) is 0 Å². The Kier molecular flexibility index (Phi) is 4.36. The Morgan fingerprint density at radius 1 is 1.30 bits per heavy atom. The number of aryl methyl sites for hydroxylation is 2. The molecule has 0 bridgehead atoms. The van der Waals surface area contributed by atoms with Crippen molar-refractivity contribution < 1.29 is 9.53 Å². The van der Waals surface area contributed by atoms with Crippen LogP contribution in [0, 0.1) is 6.92 Å². The van der Waals surface area contributed by atoms with Crippen LogP contribution in [0.1, 0.15) is 27.9 Å². The van der Waals surface area contributed by atoms with E-state index in [0.717, 1.165) is 5.69 Å². The third-order valence-electron chi connectivity index (χ3n) is 4.74. The molecule has 0 aliphatic carbocycles. The molecular weight excluding hydrogens is 346 g/mol. The van der Waals surface area contributed by atoms with E-state index in [4.69, 9.17) is 10.5 Å². The summed E-state index contributed by atoms with van der Waals surface area (Å²) < 4.78 is 8.91. The lowest BCUT2D eigenvalue weighted by Gasteiger charge is -2.35. The summed E-state index contributed by atoms with van der Waals surface area (Å²) in [5, 5.41) is 8.60. The monoisotopic (exact) mass is 367 g/mol. The molecular formula is C18H21N7O2. The van der Waals surface area contributed by atoms with Crippen molar-refractivity contribution >= 4 is 11.7 Å². The van der Waals surface area contributed by atoms with Gasteiger partial charge in [0, 0.05) is 13.6 Å². The van der Waals surface area contributed by atoms with Crippen molar-refractivity contribution in [2.24, 2.45) is 7.05 Å². The number of hydrogen-bond donors (Lipinski definition) is 1. The summed E-state index contributed by atoms with van der Waals surface area (Å²) >= 11 is 0. The minimum Gasteiger partial charge on any atom is -0.383 e. The van der Waals surface area contributed by atoms with Gasteiger partial charge in [0.05, 0.1) is 24.6 Å². The molecule has 9 heteroatoms. The van der Waals surface area contributed by atoms with E-state index in [1.807, 2.05) is 30.3 Å². The minimum atomic E-state index is -0.368. The molecule has 2 N–H and O–H groups in total. The lowest BCUT2D eigenvalue weighted by molar-refractivity contribution is -0.00578. The van der Waals surface area contributed by atoms with Crippen molar-refractivity contribution in [1.29, 1.82) is 0 Å². The molecule has 3 heterocycles. The molecule has 140 valence electrons. The van der Waals surface area contributed by atoms with E-state index in [1.165, 1.54) is 11.0 Å². The fourth-order valence-electron chi connectivity index (χ4n) is 3.39. The quantitative estimate of drug-likeness (QED) is 0.743. The second-order valence-electron chi connectivity index (χ2n) is 6.42. The van der Waals surface area contributed by atoms with Crippen LogP contribution >= 0.6 is 0 Å². The SMILES string of the molecule is Cc1nn(C)c(N)c1C(=O)N1CCOCC1c1ncnn1-c1ccccc1. The molecule has 1 atom stereocenters. The normalized spacial score (nSPS) is 17.3. The van der Waals surface area contributed by atoms with Crippen LogP contribution in [-0.4, -0.2) is 55.1 Å². The first-order valence-corrected chi connectivity index (χ1v) is 8.71. The number of amides is 1. The summed E-state index contributed by atoms with van der Waals surface area (Å²) in [6.45, 7) is 3.03. The number of aromatic nitrogens is 5. The Hall–Kier alpha value is -3.20. The Morgan fingerprint density at radius 3 is 2.78 bits per heavy atom. The maximum atomic E-state index is 13.3. The first-order chi connectivity index (χ1) is 13.1. The lowest BCUT2D eigenvalue weighted by Crippen LogP contribution is -2.44. The van der Waals surface area contributed by atoms with Gasteiger partial charge in [0.2, 0.25) is 0 Å². The van der Waals surface area contributed by atoms with E-state index in [0.29, 0.717) is 42.7 Å². The molecule has 1 amide bonds. The average Bonchev–Trinajstić information content (AvgIpc) is 3.27. The second-order valence-corrected chi connectivity index (χ2v) is 6.42. The van der Waals surface area contributed by atoms with Gasteiger partial charge in [-0.1, -0.05) is 18.2 Å². The topological polar surface area (TPSA) is 104 Å². The molecule has 1 fully saturated rings. The van der Waals surface area contributed by atoms with Crippen LogP contribution in [0.15, 0.2) is 36.7 Å². The summed E-state index contributed by atoms with van der Waals surface area (Å²) in [5.74, 6) is 0.829. The summed E-state index contributed by atoms with van der Waals surface area (Å²) in [6.07, 6.45) is 1.49. The third kappa shape index (κ3) is 2.95. The maximum absolute atomic E-state index is 13.3. The third-order valence-corrected chi connectivity index (χ3v) is 4.74. The molecule has 1 aliphatic rings. The molecule has 1 aliphatic heterocycles. The van der Waals surface area contributed by atoms with Crippen molar-refractivity contribution in [2.45, 2.75) is 13.0 Å². The van der Waals surface area contributed by atoms with Crippen molar-refractivity contribution in [3.8, 4) is 5.69 Å².